The molecule has 0 aliphatic carbocycles. The molecule has 1 aliphatic rings. The van der Waals surface area contributed by atoms with E-state index >= 15 is 0 Å². The normalized spacial score (nSPS) is 22.0. The number of benzene rings is 1. The van der Waals surface area contributed by atoms with Crippen LogP contribution in [0, 0.1) is 0 Å². The van der Waals surface area contributed by atoms with Gasteiger partial charge in [0.25, 0.3) is 5.89 Å². The SMILES string of the molecule is CC1(c2nnc(-c3cccnc3Nc3ccc(C(F)(F)F)cc3)o2)CCNC1O. The number of hydrogen-bond acceptors (Lipinski definition) is 7. The Bertz CT molecular complexity index is 1010. The predicted octanol–water partition coefficient (Wildman–Crippen LogP) is 3.46. The Kier molecular flexibility index (Phi) is 4.75. The number of halogens is 3. The van der Waals surface area contributed by atoms with E-state index in [1.54, 1.807) is 18.3 Å². The fraction of sp³-hybridized carbons (Fsp3) is 0.316. The second-order valence-corrected chi connectivity index (χ2v) is 7.04. The van der Waals surface area contributed by atoms with Gasteiger partial charge in [-0.25, -0.2) is 4.98 Å². The smallest absolute Gasteiger partial charge is 0.416 e. The number of aliphatic hydroxyl groups excluding tert-OH is 1. The third-order valence-electron chi connectivity index (χ3n) is 5.01. The molecular formula is C19H18F3N5O2. The van der Waals surface area contributed by atoms with Gasteiger partial charge in [0, 0.05) is 11.9 Å². The van der Waals surface area contributed by atoms with E-state index < -0.39 is 23.4 Å². The highest BCUT2D eigenvalue weighted by molar-refractivity contribution is 5.73. The van der Waals surface area contributed by atoms with Crippen molar-refractivity contribution in [3.63, 3.8) is 0 Å². The maximum atomic E-state index is 12.7. The van der Waals surface area contributed by atoms with Crippen LogP contribution in [0.2, 0.25) is 0 Å². The van der Waals surface area contributed by atoms with Gasteiger partial charge in [0.2, 0.25) is 5.89 Å². The predicted molar refractivity (Wildman–Crippen MR) is 98.2 cm³/mol. The Labute approximate surface area is 164 Å². The number of nitrogens with one attached hydrogen (secondary N) is 2. The maximum absolute atomic E-state index is 12.7. The summed E-state index contributed by atoms with van der Waals surface area (Å²) in [6.45, 7) is 2.46. The van der Waals surface area contributed by atoms with E-state index in [1.807, 2.05) is 6.92 Å². The molecule has 2 atom stereocenters. The zero-order valence-electron chi connectivity index (χ0n) is 15.4. The van der Waals surface area contributed by atoms with Crippen LogP contribution in [0.4, 0.5) is 24.7 Å². The van der Waals surface area contributed by atoms with Gasteiger partial charge >= 0.3 is 6.18 Å². The van der Waals surface area contributed by atoms with Crippen LogP contribution in [0.1, 0.15) is 24.8 Å². The lowest BCUT2D eigenvalue weighted by atomic mass is 9.88. The van der Waals surface area contributed by atoms with E-state index in [2.05, 4.69) is 25.8 Å². The van der Waals surface area contributed by atoms with Crippen molar-refractivity contribution in [1.29, 1.82) is 0 Å². The van der Waals surface area contributed by atoms with E-state index in [0.29, 0.717) is 35.9 Å². The number of aliphatic hydroxyl groups is 1. The molecule has 0 amide bonds. The van der Waals surface area contributed by atoms with E-state index in [9.17, 15) is 18.3 Å². The summed E-state index contributed by atoms with van der Waals surface area (Å²) in [5, 5.41) is 24.2. The standard InChI is InChI=1S/C19H18F3N5O2/c1-18(8-10-24-16(18)28)17-27-26-15(29-17)13-3-2-9-23-14(13)25-12-6-4-11(5-7-12)19(20,21)22/h2-7,9,16,24,28H,8,10H2,1H3,(H,23,25). The van der Waals surface area contributed by atoms with Crippen LogP contribution in [-0.2, 0) is 11.6 Å². The van der Waals surface area contributed by atoms with Gasteiger partial charge in [0.05, 0.1) is 16.5 Å². The highest BCUT2D eigenvalue weighted by Gasteiger charge is 2.44. The number of alkyl halides is 3. The molecule has 0 saturated carbocycles. The van der Waals surface area contributed by atoms with Crippen molar-refractivity contribution in [2.75, 3.05) is 11.9 Å². The lowest BCUT2D eigenvalue weighted by molar-refractivity contribution is -0.137. The highest BCUT2D eigenvalue weighted by Crippen LogP contribution is 2.36. The largest absolute Gasteiger partial charge is 0.420 e. The number of nitrogens with zero attached hydrogens (tertiary/aromatic N) is 3. The van der Waals surface area contributed by atoms with E-state index in [0.717, 1.165) is 12.1 Å². The molecule has 10 heteroatoms. The van der Waals surface area contributed by atoms with Crippen molar-refractivity contribution in [3.8, 4) is 11.5 Å². The Morgan fingerprint density at radius 2 is 1.97 bits per heavy atom. The third-order valence-corrected chi connectivity index (χ3v) is 5.01. The first-order valence-corrected chi connectivity index (χ1v) is 8.92. The molecule has 0 bridgehead atoms. The summed E-state index contributed by atoms with van der Waals surface area (Å²) in [4.78, 5) is 4.24. The molecule has 3 aromatic rings. The van der Waals surface area contributed by atoms with Crippen LogP contribution in [0.15, 0.2) is 47.0 Å². The number of pyridine rings is 1. The zero-order chi connectivity index (χ0) is 20.6. The zero-order valence-corrected chi connectivity index (χ0v) is 15.4. The van der Waals surface area contributed by atoms with Gasteiger partial charge in [-0.1, -0.05) is 0 Å². The van der Waals surface area contributed by atoms with Crippen molar-refractivity contribution in [3.05, 3.63) is 54.0 Å². The molecule has 0 radical (unpaired) electrons. The molecule has 3 N–H and O–H groups in total. The Morgan fingerprint density at radius 3 is 2.62 bits per heavy atom. The van der Waals surface area contributed by atoms with Crippen molar-refractivity contribution >= 4 is 11.5 Å². The van der Waals surface area contributed by atoms with Crippen molar-refractivity contribution in [2.45, 2.75) is 31.2 Å². The van der Waals surface area contributed by atoms with E-state index in [4.69, 9.17) is 4.42 Å². The van der Waals surface area contributed by atoms with Crippen LogP contribution in [0.25, 0.3) is 11.5 Å². The van der Waals surface area contributed by atoms with Gasteiger partial charge in [0.1, 0.15) is 12.0 Å². The third kappa shape index (κ3) is 3.68. The molecule has 1 aliphatic heterocycles. The average molecular weight is 405 g/mol. The number of aromatic nitrogens is 3. The number of hydrogen-bond donors (Lipinski definition) is 3. The maximum Gasteiger partial charge on any atom is 0.416 e. The van der Waals surface area contributed by atoms with Crippen LogP contribution in [0.5, 0.6) is 0 Å². The fourth-order valence-electron chi connectivity index (χ4n) is 3.17. The molecule has 29 heavy (non-hydrogen) atoms. The first-order chi connectivity index (χ1) is 13.8. The monoisotopic (exact) mass is 405 g/mol. The van der Waals surface area contributed by atoms with Gasteiger partial charge in [-0.05, 0) is 56.3 Å². The minimum Gasteiger partial charge on any atom is -0.420 e. The Balaban J connectivity index is 1.61. The quantitative estimate of drug-likeness (QED) is 0.612. The van der Waals surface area contributed by atoms with E-state index in [-0.39, 0.29) is 5.89 Å². The van der Waals surface area contributed by atoms with Gasteiger partial charge in [-0.15, -0.1) is 10.2 Å². The summed E-state index contributed by atoms with van der Waals surface area (Å²) in [6.07, 6.45) is -3.02. The Morgan fingerprint density at radius 1 is 1.21 bits per heavy atom. The van der Waals surface area contributed by atoms with Crippen LogP contribution in [0.3, 0.4) is 0 Å². The number of anilines is 2. The molecule has 1 saturated heterocycles. The molecule has 0 spiro atoms. The molecule has 152 valence electrons. The van der Waals surface area contributed by atoms with Crippen LogP contribution < -0.4 is 10.6 Å². The molecular weight excluding hydrogens is 387 g/mol. The average Bonchev–Trinajstić information content (AvgIpc) is 3.30. The lowest BCUT2D eigenvalue weighted by Gasteiger charge is -2.22. The first kappa shape index (κ1) is 19.3. The lowest BCUT2D eigenvalue weighted by Crippen LogP contribution is -2.37. The summed E-state index contributed by atoms with van der Waals surface area (Å²) in [7, 11) is 0. The fourth-order valence-corrected chi connectivity index (χ4v) is 3.17. The molecule has 2 aromatic heterocycles. The highest BCUT2D eigenvalue weighted by atomic mass is 19.4. The summed E-state index contributed by atoms with van der Waals surface area (Å²) in [5.41, 5.74) is -0.507. The van der Waals surface area contributed by atoms with E-state index in [1.165, 1.54) is 12.1 Å². The summed E-state index contributed by atoms with van der Waals surface area (Å²) >= 11 is 0. The minimum absolute atomic E-state index is 0.197. The van der Waals surface area contributed by atoms with Crippen molar-refractivity contribution < 1.29 is 22.7 Å². The molecule has 3 heterocycles. The van der Waals surface area contributed by atoms with Gasteiger partial charge in [-0.2, -0.15) is 13.2 Å². The topological polar surface area (TPSA) is 96.1 Å². The summed E-state index contributed by atoms with van der Waals surface area (Å²) in [6, 6.07) is 8.02. The molecule has 1 fully saturated rings. The second kappa shape index (κ2) is 7.12. The first-order valence-electron chi connectivity index (χ1n) is 8.92. The van der Waals surface area contributed by atoms with Crippen LogP contribution in [-0.4, -0.2) is 33.1 Å². The van der Waals surface area contributed by atoms with Crippen molar-refractivity contribution in [2.24, 2.45) is 0 Å². The summed E-state index contributed by atoms with van der Waals surface area (Å²) in [5.74, 6) is 0.856. The number of rotatable bonds is 4. The molecule has 1 aromatic carbocycles. The molecule has 7 nitrogen and oxygen atoms in total. The molecule has 2 unspecified atom stereocenters. The van der Waals surface area contributed by atoms with Crippen LogP contribution >= 0.6 is 0 Å². The Hall–Kier alpha value is -2.98. The summed E-state index contributed by atoms with van der Waals surface area (Å²) < 4.78 is 44.0. The minimum atomic E-state index is -4.40. The van der Waals surface area contributed by atoms with Gasteiger partial charge in [-0.3, -0.25) is 5.32 Å². The molecule has 4 rings (SSSR count). The van der Waals surface area contributed by atoms with Gasteiger partial charge < -0.3 is 14.8 Å². The second-order valence-electron chi connectivity index (χ2n) is 7.04. The van der Waals surface area contributed by atoms with Gasteiger partial charge in [0.15, 0.2) is 0 Å². The van der Waals surface area contributed by atoms with Crippen molar-refractivity contribution in [1.82, 2.24) is 20.5 Å².